The lowest BCUT2D eigenvalue weighted by molar-refractivity contribution is 0.186. The summed E-state index contributed by atoms with van der Waals surface area (Å²) in [6.45, 7) is 1.11. The minimum absolute atomic E-state index is 0.246. The van der Waals surface area contributed by atoms with Gasteiger partial charge in [0, 0.05) is 48.4 Å². The van der Waals surface area contributed by atoms with Gasteiger partial charge in [-0.25, -0.2) is 9.97 Å². The Morgan fingerprint density at radius 3 is 1.96 bits per heavy atom. The first kappa shape index (κ1) is 30.8. The smallest absolute Gasteiger partial charge is 0.286 e. The number of anilines is 1. The van der Waals surface area contributed by atoms with Crippen LogP contribution in [0.3, 0.4) is 0 Å². The van der Waals surface area contributed by atoms with E-state index in [1.807, 2.05) is 54.6 Å². The van der Waals surface area contributed by atoms with Crippen molar-refractivity contribution in [2.24, 2.45) is 5.73 Å². The molecule has 0 bridgehead atoms. The predicted molar refractivity (Wildman–Crippen MR) is 183 cm³/mol. The summed E-state index contributed by atoms with van der Waals surface area (Å²) < 4.78 is 1.15. The largest absolute Gasteiger partial charge is 0.423 e. The van der Waals surface area contributed by atoms with Crippen molar-refractivity contribution in [1.82, 2.24) is 19.4 Å². The Kier molecular flexibility index (Phi) is 9.03. The normalized spacial score (nSPS) is 10.8. The molecule has 0 fully saturated rings. The Labute approximate surface area is 269 Å². The second-order valence-electron chi connectivity index (χ2n) is 10.9. The molecule has 4 heterocycles. The van der Waals surface area contributed by atoms with Gasteiger partial charge in [-0.1, -0.05) is 72.8 Å². The number of aromatic nitrogens is 4. The molecule has 0 aliphatic carbocycles. The number of fused-ring (bicyclic) bond motifs is 2. The highest BCUT2D eigenvalue weighted by Crippen LogP contribution is 2.24. The number of nitrogens with zero attached hydrogens (tertiary/aromatic N) is 4. The second kappa shape index (κ2) is 13.8. The molecule has 4 aromatic heterocycles. The van der Waals surface area contributed by atoms with Gasteiger partial charge < -0.3 is 21.5 Å². The number of rotatable bonds is 7. The molecule has 0 aliphatic rings. The van der Waals surface area contributed by atoms with Gasteiger partial charge in [0.2, 0.25) is 0 Å². The van der Waals surface area contributed by atoms with E-state index < -0.39 is 11.1 Å². The second-order valence-corrected chi connectivity index (χ2v) is 10.9. The number of benzene rings is 3. The molecule has 3 aromatic carbocycles. The summed E-state index contributed by atoms with van der Waals surface area (Å²) in [5, 5.41) is 24.2. The van der Waals surface area contributed by atoms with Crippen LogP contribution in [0.1, 0.15) is 22.3 Å². The Bertz CT molecular complexity index is 2280. The van der Waals surface area contributed by atoms with Crippen LogP contribution in [0.2, 0.25) is 0 Å². The van der Waals surface area contributed by atoms with Crippen molar-refractivity contribution in [3.05, 3.63) is 171 Å². The quantitative estimate of drug-likeness (QED) is 0.168. The maximum absolute atomic E-state index is 12.0. The predicted octanol–water partition coefficient (Wildman–Crippen LogP) is 5.60. The van der Waals surface area contributed by atoms with Crippen LogP contribution < -0.4 is 22.2 Å². The third kappa shape index (κ3) is 6.87. The van der Waals surface area contributed by atoms with Crippen LogP contribution in [-0.4, -0.2) is 29.8 Å². The Hall–Kier alpha value is -6.26. The minimum atomic E-state index is -0.508. The van der Waals surface area contributed by atoms with Crippen molar-refractivity contribution in [1.29, 1.82) is 0 Å². The number of pyridine rings is 4. The van der Waals surface area contributed by atoms with E-state index in [-0.39, 0.29) is 11.3 Å². The monoisotopic (exact) mass is 624 g/mol. The van der Waals surface area contributed by atoms with Crippen molar-refractivity contribution in [3.8, 4) is 11.1 Å². The summed E-state index contributed by atoms with van der Waals surface area (Å²) in [4.78, 5) is 31.9. The fraction of sp³-hybridized carbons (Fsp3) is 0.0811. The molecule has 10 heteroatoms. The van der Waals surface area contributed by atoms with Crippen molar-refractivity contribution >= 4 is 27.8 Å². The van der Waals surface area contributed by atoms with Crippen LogP contribution in [0.15, 0.2) is 137 Å². The highest BCUT2D eigenvalue weighted by Gasteiger charge is 2.11. The van der Waals surface area contributed by atoms with E-state index in [1.54, 1.807) is 18.3 Å². The van der Waals surface area contributed by atoms with E-state index in [0.29, 0.717) is 40.0 Å². The molecule has 7 rings (SSSR count). The molecule has 0 atom stereocenters. The number of hydrogen-bond acceptors (Lipinski definition) is 8. The maximum atomic E-state index is 12.0. The van der Waals surface area contributed by atoms with Gasteiger partial charge in [-0.05, 0) is 70.1 Å². The van der Waals surface area contributed by atoms with E-state index in [0.717, 1.165) is 38.8 Å². The standard InChI is InChI=1S/C22H19N3O2.C15H13N3O2/c23-14-16-3-1-4-18(12-16)17-8-6-15(7-9-17)11-19-13-21(26)25(27)22-20(19)5-2-10-24-22;19-14-9-13(17-10-11-5-2-1-3-6-11)12-7-4-8-16-15(12)18(14)20/h1-10,12-13,27H,11,14,23H2;1-9,17,20H,10H2. The van der Waals surface area contributed by atoms with Gasteiger partial charge in [-0.15, -0.1) is 9.46 Å². The van der Waals surface area contributed by atoms with Crippen molar-refractivity contribution in [3.63, 3.8) is 0 Å². The summed E-state index contributed by atoms with van der Waals surface area (Å²) in [7, 11) is 0. The van der Waals surface area contributed by atoms with Gasteiger partial charge in [0.15, 0.2) is 11.3 Å². The lowest BCUT2D eigenvalue weighted by Crippen LogP contribution is -2.19. The summed E-state index contributed by atoms with van der Waals surface area (Å²) in [6.07, 6.45) is 3.68. The van der Waals surface area contributed by atoms with Gasteiger partial charge in [-0.3, -0.25) is 9.59 Å². The maximum Gasteiger partial charge on any atom is 0.286 e. The Morgan fingerprint density at radius 2 is 1.26 bits per heavy atom. The van der Waals surface area contributed by atoms with Gasteiger partial charge in [0.05, 0.1) is 5.69 Å². The zero-order valence-corrected chi connectivity index (χ0v) is 25.3. The number of nitrogens with one attached hydrogen (secondary N) is 1. The third-order valence-corrected chi connectivity index (χ3v) is 7.76. The summed E-state index contributed by atoms with van der Waals surface area (Å²) in [5.74, 6) is 0. The zero-order chi connectivity index (χ0) is 32.8. The molecule has 7 aromatic rings. The third-order valence-electron chi connectivity index (χ3n) is 7.76. The minimum Gasteiger partial charge on any atom is -0.423 e. The molecule has 0 amide bonds. The van der Waals surface area contributed by atoms with E-state index >= 15 is 0 Å². The Morgan fingerprint density at radius 1 is 0.617 bits per heavy atom. The van der Waals surface area contributed by atoms with Crippen LogP contribution in [0.5, 0.6) is 0 Å². The summed E-state index contributed by atoms with van der Waals surface area (Å²) >= 11 is 0. The Balaban J connectivity index is 0.000000172. The molecule has 234 valence electrons. The van der Waals surface area contributed by atoms with Crippen molar-refractivity contribution in [2.75, 3.05) is 5.32 Å². The molecule has 0 spiro atoms. The first-order chi connectivity index (χ1) is 22.9. The van der Waals surface area contributed by atoms with E-state index in [2.05, 4.69) is 51.7 Å². The van der Waals surface area contributed by atoms with E-state index in [9.17, 15) is 20.0 Å². The molecule has 0 saturated carbocycles. The molecular weight excluding hydrogens is 592 g/mol. The van der Waals surface area contributed by atoms with Crippen LogP contribution in [0, 0.1) is 0 Å². The number of hydrogen-bond donors (Lipinski definition) is 4. The highest BCUT2D eigenvalue weighted by molar-refractivity contribution is 5.88. The highest BCUT2D eigenvalue weighted by atomic mass is 16.5. The first-order valence-corrected chi connectivity index (χ1v) is 15.0. The van der Waals surface area contributed by atoms with Crippen LogP contribution in [0.25, 0.3) is 33.2 Å². The summed E-state index contributed by atoms with van der Waals surface area (Å²) in [5.41, 5.74) is 12.3. The first-order valence-electron chi connectivity index (χ1n) is 15.0. The van der Waals surface area contributed by atoms with Crippen LogP contribution >= 0.6 is 0 Å². The lowest BCUT2D eigenvalue weighted by atomic mass is 9.98. The lowest BCUT2D eigenvalue weighted by Gasteiger charge is -2.10. The molecule has 47 heavy (non-hydrogen) atoms. The molecule has 0 saturated heterocycles. The van der Waals surface area contributed by atoms with Crippen LogP contribution in [0.4, 0.5) is 5.69 Å². The average molecular weight is 625 g/mol. The van der Waals surface area contributed by atoms with Crippen LogP contribution in [-0.2, 0) is 19.5 Å². The molecule has 0 unspecified atom stereocenters. The topological polar surface area (TPSA) is 148 Å². The zero-order valence-electron chi connectivity index (χ0n) is 25.3. The molecule has 10 nitrogen and oxygen atoms in total. The number of nitrogens with two attached hydrogens (primary N) is 1. The van der Waals surface area contributed by atoms with Gasteiger partial charge >= 0.3 is 0 Å². The SMILES string of the molecule is NCc1cccc(-c2ccc(Cc3cc(=O)n(O)c4ncccc34)cc2)c1.O=c1cc(NCc2ccccc2)c2cccnc2n1O. The fourth-order valence-corrected chi connectivity index (χ4v) is 5.35. The van der Waals surface area contributed by atoms with E-state index in [4.69, 9.17) is 5.73 Å². The van der Waals surface area contributed by atoms with Crippen molar-refractivity contribution < 1.29 is 10.4 Å². The molecule has 0 aliphatic heterocycles. The molecule has 5 N–H and O–H groups in total. The van der Waals surface area contributed by atoms with E-state index in [1.165, 1.54) is 18.3 Å². The van der Waals surface area contributed by atoms with Crippen molar-refractivity contribution in [2.45, 2.75) is 19.5 Å². The van der Waals surface area contributed by atoms with Gasteiger partial charge in [0.1, 0.15) is 0 Å². The molecular formula is C37H32N6O4. The van der Waals surface area contributed by atoms with Gasteiger partial charge in [-0.2, -0.15) is 0 Å². The fourth-order valence-electron chi connectivity index (χ4n) is 5.35. The molecule has 0 radical (unpaired) electrons. The average Bonchev–Trinajstić information content (AvgIpc) is 3.12. The van der Waals surface area contributed by atoms with Gasteiger partial charge in [0.25, 0.3) is 11.1 Å². The summed E-state index contributed by atoms with van der Waals surface area (Å²) in [6, 6.07) is 36.4.